The fourth-order valence-corrected chi connectivity index (χ4v) is 2.26. The molecule has 0 saturated heterocycles. The first-order valence-electron chi connectivity index (χ1n) is 6.56. The molecule has 1 aromatic rings. The standard InChI is InChI=1S/C13H19N3O2S/c1-8(2)6-14-11(17)5-10-7-19-13(15-10)16-12(18)9-3-4-9/h7-9H,3-6H2,1-2H3,(H,14,17)(H,15,16,18). The zero-order valence-electron chi connectivity index (χ0n) is 11.2. The molecule has 0 radical (unpaired) electrons. The van der Waals surface area contributed by atoms with Crippen molar-refractivity contribution in [3.8, 4) is 0 Å². The van der Waals surface area contributed by atoms with Crippen LogP contribution in [0.2, 0.25) is 0 Å². The second-order valence-electron chi connectivity index (χ2n) is 5.28. The fourth-order valence-electron chi connectivity index (χ4n) is 1.54. The molecule has 5 nitrogen and oxygen atoms in total. The Hall–Kier alpha value is -1.43. The van der Waals surface area contributed by atoms with Gasteiger partial charge < -0.3 is 10.6 Å². The second-order valence-corrected chi connectivity index (χ2v) is 6.14. The molecule has 0 aromatic carbocycles. The highest BCUT2D eigenvalue weighted by atomic mass is 32.1. The summed E-state index contributed by atoms with van der Waals surface area (Å²) >= 11 is 1.37. The van der Waals surface area contributed by atoms with Gasteiger partial charge in [-0.2, -0.15) is 0 Å². The maximum atomic E-state index is 11.6. The SMILES string of the molecule is CC(C)CNC(=O)Cc1csc(NC(=O)C2CC2)n1. The van der Waals surface area contributed by atoms with E-state index in [4.69, 9.17) is 0 Å². The van der Waals surface area contributed by atoms with Gasteiger partial charge in [-0.05, 0) is 18.8 Å². The minimum absolute atomic E-state index is 0.0286. The summed E-state index contributed by atoms with van der Waals surface area (Å²) in [6, 6.07) is 0. The Morgan fingerprint density at radius 3 is 2.84 bits per heavy atom. The van der Waals surface area contributed by atoms with E-state index in [1.54, 1.807) is 0 Å². The van der Waals surface area contributed by atoms with Crippen molar-refractivity contribution in [1.29, 1.82) is 0 Å². The molecule has 1 saturated carbocycles. The molecule has 6 heteroatoms. The number of carbonyl (C=O) groups excluding carboxylic acids is 2. The van der Waals surface area contributed by atoms with Crippen LogP contribution >= 0.6 is 11.3 Å². The van der Waals surface area contributed by atoms with Crippen LogP contribution in [0.1, 0.15) is 32.4 Å². The predicted octanol–water partition coefficient (Wildman–Crippen LogP) is 1.81. The van der Waals surface area contributed by atoms with E-state index < -0.39 is 0 Å². The predicted molar refractivity (Wildman–Crippen MR) is 75.0 cm³/mol. The molecule has 19 heavy (non-hydrogen) atoms. The molecule has 1 aromatic heterocycles. The summed E-state index contributed by atoms with van der Waals surface area (Å²) in [5, 5.41) is 8.04. The van der Waals surface area contributed by atoms with Crippen molar-refractivity contribution in [2.75, 3.05) is 11.9 Å². The zero-order valence-corrected chi connectivity index (χ0v) is 12.0. The number of nitrogens with zero attached hydrogens (tertiary/aromatic N) is 1. The summed E-state index contributed by atoms with van der Waals surface area (Å²) in [6.07, 6.45) is 2.21. The van der Waals surface area contributed by atoms with Gasteiger partial charge in [0.25, 0.3) is 0 Å². The van der Waals surface area contributed by atoms with E-state index in [2.05, 4.69) is 29.5 Å². The number of nitrogens with one attached hydrogen (secondary N) is 2. The average molecular weight is 281 g/mol. The van der Waals surface area contributed by atoms with E-state index >= 15 is 0 Å². The van der Waals surface area contributed by atoms with Crippen molar-refractivity contribution >= 4 is 28.3 Å². The second kappa shape index (κ2) is 6.14. The minimum atomic E-state index is -0.0286. The molecular weight excluding hydrogens is 262 g/mol. The highest BCUT2D eigenvalue weighted by Gasteiger charge is 2.30. The summed E-state index contributed by atoms with van der Waals surface area (Å²) in [5.74, 6) is 0.624. The molecule has 0 unspecified atom stereocenters. The van der Waals surface area contributed by atoms with E-state index in [1.165, 1.54) is 11.3 Å². The number of amides is 2. The van der Waals surface area contributed by atoms with Gasteiger partial charge in [-0.3, -0.25) is 9.59 Å². The number of aromatic nitrogens is 1. The molecule has 104 valence electrons. The minimum Gasteiger partial charge on any atom is -0.356 e. The number of thiazole rings is 1. The van der Waals surface area contributed by atoms with Gasteiger partial charge in [-0.15, -0.1) is 11.3 Å². The van der Waals surface area contributed by atoms with Gasteiger partial charge in [0.15, 0.2) is 5.13 Å². The van der Waals surface area contributed by atoms with Crippen molar-refractivity contribution < 1.29 is 9.59 Å². The van der Waals surface area contributed by atoms with E-state index in [0.29, 0.717) is 23.3 Å². The molecule has 2 N–H and O–H groups in total. The van der Waals surface area contributed by atoms with E-state index in [9.17, 15) is 9.59 Å². The topological polar surface area (TPSA) is 71.1 Å². The van der Waals surface area contributed by atoms with Crippen molar-refractivity contribution in [2.24, 2.45) is 11.8 Å². The van der Waals surface area contributed by atoms with Crippen LogP contribution in [0.25, 0.3) is 0 Å². The first-order chi connectivity index (χ1) is 9.04. The lowest BCUT2D eigenvalue weighted by Crippen LogP contribution is -2.28. The Bertz CT molecular complexity index is 466. The number of hydrogen-bond acceptors (Lipinski definition) is 4. The Morgan fingerprint density at radius 2 is 2.21 bits per heavy atom. The third kappa shape index (κ3) is 4.63. The monoisotopic (exact) mass is 281 g/mol. The molecule has 0 bridgehead atoms. The third-order valence-electron chi connectivity index (χ3n) is 2.78. The lowest BCUT2D eigenvalue weighted by atomic mass is 10.2. The Balaban J connectivity index is 1.79. The third-order valence-corrected chi connectivity index (χ3v) is 3.59. The van der Waals surface area contributed by atoms with Crippen LogP contribution in [-0.2, 0) is 16.0 Å². The van der Waals surface area contributed by atoms with Gasteiger partial charge in [0.1, 0.15) is 0 Å². The summed E-state index contributed by atoms with van der Waals surface area (Å²) in [5.41, 5.74) is 0.706. The molecule has 1 fully saturated rings. The maximum Gasteiger partial charge on any atom is 0.229 e. The van der Waals surface area contributed by atoms with Crippen LogP contribution in [-0.4, -0.2) is 23.3 Å². The van der Waals surface area contributed by atoms with Crippen LogP contribution in [0.5, 0.6) is 0 Å². The highest BCUT2D eigenvalue weighted by molar-refractivity contribution is 7.13. The smallest absolute Gasteiger partial charge is 0.229 e. The highest BCUT2D eigenvalue weighted by Crippen LogP contribution is 2.30. The lowest BCUT2D eigenvalue weighted by molar-refractivity contribution is -0.120. The number of hydrogen-bond donors (Lipinski definition) is 2. The molecule has 1 aliphatic carbocycles. The van der Waals surface area contributed by atoms with Crippen molar-refractivity contribution in [3.05, 3.63) is 11.1 Å². The van der Waals surface area contributed by atoms with Crippen molar-refractivity contribution in [2.45, 2.75) is 33.1 Å². The lowest BCUT2D eigenvalue weighted by Gasteiger charge is -2.06. The van der Waals surface area contributed by atoms with E-state index in [1.807, 2.05) is 5.38 Å². The van der Waals surface area contributed by atoms with Crippen LogP contribution < -0.4 is 10.6 Å². The summed E-state index contributed by atoms with van der Waals surface area (Å²) < 4.78 is 0. The Morgan fingerprint density at radius 1 is 1.47 bits per heavy atom. The van der Waals surface area contributed by atoms with Gasteiger partial charge in [-0.25, -0.2) is 4.98 Å². The molecule has 0 spiro atoms. The first-order valence-corrected chi connectivity index (χ1v) is 7.44. The van der Waals surface area contributed by atoms with Crippen LogP contribution in [0.15, 0.2) is 5.38 Å². The van der Waals surface area contributed by atoms with Gasteiger partial charge in [0.05, 0.1) is 12.1 Å². The van der Waals surface area contributed by atoms with Gasteiger partial charge >= 0.3 is 0 Å². The molecular formula is C13H19N3O2S. The molecule has 0 atom stereocenters. The first kappa shape index (κ1) is 14.0. The van der Waals surface area contributed by atoms with Gasteiger partial charge in [0, 0.05) is 17.8 Å². The number of carbonyl (C=O) groups is 2. The molecule has 1 heterocycles. The van der Waals surface area contributed by atoms with Crippen LogP contribution in [0.4, 0.5) is 5.13 Å². The quantitative estimate of drug-likeness (QED) is 0.835. The maximum absolute atomic E-state index is 11.6. The molecule has 2 amide bonds. The van der Waals surface area contributed by atoms with Gasteiger partial charge in [0.2, 0.25) is 11.8 Å². The summed E-state index contributed by atoms with van der Waals surface area (Å²) in [6.45, 7) is 4.78. The van der Waals surface area contributed by atoms with E-state index in [0.717, 1.165) is 12.8 Å². The molecule has 1 aliphatic rings. The molecule has 0 aliphatic heterocycles. The van der Waals surface area contributed by atoms with Crippen LogP contribution in [0, 0.1) is 11.8 Å². The van der Waals surface area contributed by atoms with Gasteiger partial charge in [-0.1, -0.05) is 13.8 Å². The van der Waals surface area contributed by atoms with Crippen molar-refractivity contribution in [1.82, 2.24) is 10.3 Å². The fraction of sp³-hybridized carbons (Fsp3) is 0.615. The van der Waals surface area contributed by atoms with Crippen LogP contribution in [0.3, 0.4) is 0 Å². The Kier molecular flexibility index (Phi) is 4.52. The average Bonchev–Trinajstić information content (AvgIpc) is 3.11. The zero-order chi connectivity index (χ0) is 13.8. The van der Waals surface area contributed by atoms with Crippen molar-refractivity contribution in [3.63, 3.8) is 0 Å². The summed E-state index contributed by atoms with van der Waals surface area (Å²) in [4.78, 5) is 27.4. The molecule has 2 rings (SSSR count). The van der Waals surface area contributed by atoms with E-state index in [-0.39, 0.29) is 24.2 Å². The Labute approximate surface area is 116 Å². The largest absolute Gasteiger partial charge is 0.356 e. The summed E-state index contributed by atoms with van der Waals surface area (Å²) in [7, 11) is 0. The number of anilines is 1. The normalized spacial score (nSPS) is 14.5. The number of rotatable bonds is 6.